The summed E-state index contributed by atoms with van der Waals surface area (Å²) in [5.74, 6) is 4.57. The highest BCUT2D eigenvalue weighted by Crippen LogP contribution is 2.35. The van der Waals surface area contributed by atoms with Crippen LogP contribution in [0.25, 0.3) is 0 Å². The van der Waals surface area contributed by atoms with Crippen LogP contribution in [0.1, 0.15) is 30.5 Å². The SMILES string of the molecule is C#Cc1cccc(NC(=O)CNC(=NC)NCc2cc3c(cc2OCC)CC(C)O3)c1. The number of fused-ring (bicyclic) bond motifs is 1. The van der Waals surface area contributed by atoms with Gasteiger partial charge in [0.15, 0.2) is 5.96 Å². The third-order valence-corrected chi connectivity index (χ3v) is 4.78. The number of anilines is 1. The van der Waals surface area contributed by atoms with Crippen LogP contribution in [0, 0.1) is 12.3 Å². The topological polar surface area (TPSA) is 84.0 Å². The number of amides is 1. The predicted octanol–water partition coefficient (Wildman–Crippen LogP) is 2.69. The molecule has 0 saturated carbocycles. The highest BCUT2D eigenvalue weighted by molar-refractivity contribution is 5.95. The molecule has 7 heteroatoms. The van der Waals surface area contributed by atoms with Crippen LogP contribution in [-0.2, 0) is 17.8 Å². The van der Waals surface area contributed by atoms with Crippen molar-refractivity contribution in [2.45, 2.75) is 32.9 Å². The molecular formula is C24H28N4O3. The molecule has 1 unspecified atom stereocenters. The lowest BCUT2D eigenvalue weighted by atomic mass is 10.1. The Morgan fingerprint density at radius 1 is 1.32 bits per heavy atom. The Morgan fingerprint density at radius 2 is 2.16 bits per heavy atom. The van der Waals surface area contributed by atoms with Gasteiger partial charge in [0, 0.05) is 42.4 Å². The van der Waals surface area contributed by atoms with Gasteiger partial charge < -0.3 is 25.4 Å². The van der Waals surface area contributed by atoms with Crippen molar-refractivity contribution in [2.75, 3.05) is 25.5 Å². The Labute approximate surface area is 183 Å². The number of rotatable bonds is 7. The largest absolute Gasteiger partial charge is 0.494 e. The maximum atomic E-state index is 12.3. The number of aliphatic imine (C=N–C) groups is 1. The van der Waals surface area contributed by atoms with E-state index in [9.17, 15) is 4.79 Å². The van der Waals surface area contributed by atoms with Crippen LogP contribution in [0.15, 0.2) is 41.4 Å². The number of nitrogens with one attached hydrogen (secondary N) is 3. The van der Waals surface area contributed by atoms with Crippen LogP contribution in [0.5, 0.6) is 11.5 Å². The first kappa shape index (κ1) is 22.0. The van der Waals surface area contributed by atoms with Crippen molar-refractivity contribution >= 4 is 17.6 Å². The fraction of sp³-hybridized carbons (Fsp3) is 0.333. The van der Waals surface area contributed by atoms with Crippen LogP contribution >= 0.6 is 0 Å². The third kappa shape index (κ3) is 5.92. The molecule has 0 aliphatic carbocycles. The molecule has 1 aliphatic rings. The van der Waals surface area contributed by atoms with Gasteiger partial charge in [-0.05, 0) is 44.2 Å². The van der Waals surface area contributed by atoms with Crippen molar-refractivity contribution in [1.29, 1.82) is 0 Å². The van der Waals surface area contributed by atoms with E-state index in [2.05, 4.69) is 33.8 Å². The van der Waals surface area contributed by atoms with E-state index in [1.165, 1.54) is 0 Å². The van der Waals surface area contributed by atoms with Crippen molar-refractivity contribution in [3.8, 4) is 23.8 Å². The number of carbonyl (C=O) groups excluding carboxylic acids is 1. The number of benzene rings is 2. The Balaban J connectivity index is 1.56. The van der Waals surface area contributed by atoms with Gasteiger partial charge in [-0.25, -0.2) is 0 Å². The molecule has 1 atom stereocenters. The van der Waals surface area contributed by atoms with Gasteiger partial charge in [-0.15, -0.1) is 6.42 Å². The van der Waals surface area contributed by atoms with Gasteiger partial charge in [0.1, 0.15) is 17.6 Å². The lowest BCUT2D eigenvalue weighted by Crippen LogP contribution is -2.41. The third-order valence-electron chi connectivity index (χ3n) is 4.78. The Kier molecular flexibility index (Phi) is 7.39. The summed E-state index contributed by atoms with van der Waals surface area (Å²) in [6.07, 6.45) is 6.45. The summed E-state index contributed by atoms with van der Waals surface area (Å²) in [5.41, 5.74) is 3.49. The first-order valence-corrected chi connectivity index (χ1v) is 10.3. The zero-order valence-corrected chi connectivity index (χ0v) is 18.1. The van der Waals surface area contributed by atoms with Crippen LogP contribution in [0.3, 0.4) is 0 Å². The fourth-order valence-corrected chi connectivity index (χ4v) is 3.36. The van der Waals surface area contributed by atoms with E-state index in [0.717, 1.165) is 29.0 Å². The van der Waals surface area contributed by atoms with E-state index in [1.807, 2.05) is 19.1 Å². The van der Waals surface area contributed by atoms with Crippen LogP contribution in [-0.4, -0.2) is 38.2 Å². The second-order valence-electron chi connectivity index (χ2n) is 7.19. The normalized spacial score (nSPS) is 14.8. The lowest BCUT2D eigenvalue weighted by molar-refractivity contribution is -0.115. The van der Waals surface area contributed by atoms with Crippen molar-refractivity contribution in [1.82, 2.24) is 10.6 Å². The molecule has 0 saturated heterocycles. The van der Waals surface area contributed by atoms with E-state index in [0.29, 0.717) is 30.4 Å². The van der Waals surface area contributed by atoms with Crippen molar-refractivity contribution in [2.24, 2.45) is 4.99 Å². The summed E-state index contributed by atoms with van der Waals surface area (Å²) < 4.78 is 11.7. The summed E-state index contributed by atoms with van der Waals surface area (Å²) >= 11 is 0. The minimum Gasteiger partial charge on any atom is -0.494 e. The maximum absolute atomic E-state index is 12.3. The number of guanidine groups is 1. The summed E-state index contributed by atoms with van der Waals surface area (Å²) in [7, 11) is 1.65. The minimum absolute atomic E-state index is 0.0586. The maximum Gasteiger partial charge on any atom is 0.243 e. The molecule has 0 radical (unpaired) electrons. The van der Waals surface area contributed by atoms with Gasteiger partial charge in [0.25, 0.3) is 0 Å². The van der Waals surface area contributed by atoms with Gasteiger partial charge in [-0.3, -0.25) is 9.79 Å². The molecule has 1 aliphatic heterocycles. The minimum atomic E-state index is -0.202. The van der Waals surface area contributed by atoms with E-state index >= 15 is 0 Å². The number of ether oxygens (including phenoxy) is 2. The zero-order valence-electron chi connectivity index (χ0n) is 18.1. The van der Waals surface area contributed by atoms with Crippen molar-refractivity contribution in [3.63, 3.8) is 0 Å². The van der Waals surface area contributed by atoms with Gasteiger partial charge in [-0.1, -0.05) is 12.0 Å². The molecule has 1 heterocycles. The monoisotopic (exact) mass is 420 g/mol. The van der Waals surface area contributed by atoms with Gasteiger partial charge >= 0.3 is 0 Å². The molecule has 0 fully saturated rings. The number of hydrogen-bond acceptors (Lipinski definition) is 4. The van der Waals surface area contributed by atoms with Crippen molar-refractivity contribution < 1.29 is 14.3 Å². The number of carbonyl (C=O) groups is 1. The quantitative estimate of drug-likeness (QED) is 0.364. The molecular weight excluding hydrogens is 392 g/mol. The smallest absolute Gasteiger partial charge is 0.243 e. The number of hydrogen-bond donors (Lipinski definition) is 3. The Bertz CT molecular complexity index is 1010. The van der Waals surface area contributed by atoms with Gasteiger partial charge in [0.05, 0.1) is 13.2 Å². The predicted molar refractivity (Wildman–Crippen MR) is 123 cm³/mol. The number of terminal acetylenes is 1. The number of nitrogens with zero attached hydrogens (tertiary/aromatic N) is 1. The van der Waals surface area contributed by atoms with Crippen LogP contribution < -0.4 is 25.4 Å². The molecule has 0 spiro atoms. The van der Waals surface area contributed by atoms with Gasteiger partial charge in [-0.2, -0.15) is 0 Å². The second-order valence-corrected chi connectivity index (χ2v) is 7.19. The Morgan fingerprint density at radius 3 is 2.90 bits per heavy atom. The summed E-state index contributed by atoms with van der Waals surface area (Å²) in [5, 5.41) is 9.05. The first-order valence-electron chi connectivity index (χ1n) is 10.3. The molecule has 2 aromatic carbocycles. The van der Waals surface area contributed by atoms with E-state index in [-0.39, 0.29) is 18.6 Å². The second kappa shape index (κ2) is 10.4. The standard InChI is InChI=1S/C24H28N4O3/c1-5-17-8-7-9-20(11-17)28-23(29)15-27-24(25-4)26-14-19-13-22-18(10-16(3)31-22)12-21(19)30-6-2/h1,7-9,11-13,16H,6,10,14-15H2,2-4H3,(H,28,29)(H2,25,26,27). The van der Waals surface area contributed by atoms with E-state index in [1.54, 1.807) is 31.3 Å². The van der Waals surface area contributed by atoms with Crippen molar-refractivity contribution in [3.05, 3.63) is 53.1 Å². The molecule has 3 rings (SSSR count). The van der Waals surface area contributed by atoms with Crippen LogP contribution in [0.2, 0.25) is 0 Å². The average molecular weight is 421 g/mol. The highest BCUT2D eigenvalue weighted by Gasteiger charge is 2.22. The van der Waals surface area contributed by atoms with Gasteiger partial charge in [0.2, 0.25) is 5.91 Å². The molecule has 1 amide bonds. The highest BCUT2D eigenvalue weighted by atomic mass is 16.5. The fourth-order valence-electron chi connectivity index (χ4n) is 3.36. The summed E-state index contributed by atoms with van der Waals surface area (Å²) in [6.45, 7) is 5.13. The summed E-state index contributed by atoms with van der Waals surface area (Å²) in [6, 6.07) is 11.2. The Hall–Kier alpha value is -3.66. The summed E-state index contributed by atoms with van der Waals surface area (Å²) in [4.78, 5) is 16.4. The molecule has 162 valence electrons. The molecule has 7 nitrogen and oxygen atoms in total. The lowest BCUT2D eigenvalue weighted by Gasteiger charge is -2.15. The van der Waals surface area contributed by atoms with Crippen LogP contribution in [0.4, 0.5) is 5.69 Å². The molecule has 31 heavy (non-hydrogen) atoms. The van der Waals surface area contributed by atoms with E-state index < -0.39 is 0 Å². The zero-order chi connectivity index (χ0) is 22.2. The molecule has 2 aromatic rings. The van der Waals surface area contributed by atoms with E-state index in [4.69, 9.17) is 15.9 Å². The first-order chi connectivity index (χ1) is 15.0. The molecule has 0 bridgehead atoms. The average Bonchev–Trinajstić information content (AvgIpc) is 3.12. The molecule has 0 aromatic heterocycles. The molecule has 3 N–H and O–H groups in total.